The number of carbonyl (C=O) groups is 1. The summed E-state index contributed by atoms with van der Waals surface area (Å²) in [5, 5.41) is 7.11. The second-order valence-corrected chi connectivity index (χ2v) is 8.33. The Balaban J connectivity index is 1.43. The number of aromatic nitrogens is 2. The van der Waals surface area contributed by atoms with Crippen LogP contribution in [0.5, 0.6) is 0 Å². The van der Waals surface area contributed by atoms with Gasteiger partial charge >= 0.3 is 0 Å². The quantitative estimate of drug-likeness (QED) is 0.672. The lowest BCUT2D eigenvalue weighted by atomic mass is 9.93. The number of rotatable bonds is 8. The number of hydrogen-bond donors (Lipinski definition) is 1. The Bertz CT molecular complexity index is 613. The van der Waals surface area contributed by atoms with Crippen LogP contribution in [-0.4, -0.2) is 78.3 Å². The Morgan fingerprint density at radius 2 is 2.07 bits per heavy atom. The molecule has 0 spiro atoms. The number of amides is 1. The SMILES string of the molecule is COCCNC(=O)[C@@H]1CCCN(C2CCN(Cc3noc(C(C)C)n3)CC2)C1. The van der Waals surface area contributed by atoms with Crippen LogP contribution in [0.3, 0.4) is 0 Å². The van der Waals surface area contributed by atoms with Crippen molar-refractivity contribution in [3.8, 4) is 0 Å². The highest BCUT2D eigenvalue weighted by Crippen LogP contribution is 2.24. The van der Waals surface area contributed by atoms with Gasteiger partial charge in [0.2, 0.25) is 11.8 Å². The Morgan fingerprint density at radius 3 is 2.75 bits per heavy atom. The number of piperidine rings is 2. The monoisotopic (exact) mass is 393 g/mol. The zero-order valence-electron chi connectivity index (χ0n) is 17.5. The highest BCUT2D eigenvalue weighted by atomic mass is 16.5. The van der Waals surface area contributed by atoms with Crippen molar-refractivity contribution in [2.24, 2.45) is 5.92 Å². The van der Waals surface area contributed by atoms with E-state index < -0.39 is 0 Å². The molecule has 28 heavy (non-hydrogen) atoms. The molecule has 1 aromatic heterocycles. The summed E-state index contributed by atoms with van der Waals surface area (Å²) in [7, 11) is 1.66. The molecule has 1 N–H and O–H groups in total. The summed E-state index contributed by atoms with van der Waals surface area (Å²) < 4.78 is 10.3. The number of nitrogens with one attached hydrogen (secondary N) is 1. The fourth-order valence-electron chi connectivity index (χ4n) is 4.18. The first kappa shape index (κ1) is 21.2. The molecule has 158 valence electrons. The zero-order valence-corrected chi connectivity index (χ0v) is 17.5. The van der Waals surface area contributed by atoms with Gasteiger partial charge in [-0.2, -0.15) is 4.98 Å². The Labute approximate surface area is 168 Å². The molecule has 0 radical (unpaired) electrons. The molecular formula is C20H35N5O3. The minimum absolute atomic E-state index is 0.109. The summed E-state index contributed by atoms with van der Waals surface area (Å²) in [5.74, 6) is 2.06. The van der Waals surface area contributed by atoms with E-state index in [9.17, 15) is 4.79 Å². The lowest BCUT2D eigenvalue weighted by Gasteiger charge is -2.41. The Kier molecular flexibility index (Phi) is 7.82. The van der Waals surface area contributed by atoms with E-state index in [1.165, 1.54) is 0 Å². The van der Waals surface area contributed by atoms with Gasteiger partial charge < -0.3 is 14.6 Å². The summed E-state index contributed by atoms with van der Waals surface area (Å²) in [5.41, 5.74) is 0. The second-order valence-electron chi connectivity index (χ2n) is 8.33. The predicted molar refractivity (Wildman–Crippen MR) is 106 cm³/mol. The maximum atomic E-state index is 12.4. The van der Waals surface area contributed by atoms with Crippen LogP contribution in [0, 0.1) is 5.92 Å². The summed E-state index contributed by atoms with van der Waals surface area (Å²) in [6.45, 7) is 10.1. The Morgan fingerprint density at radius 1 is 1.29 bits per heavy atom. The summed E-state index contributed by atoms with van der Waals surface area (Å²) >= 11 is 0. The molecule has 0 aromatic carbocycles. The first-order valence-corrected chi connectivity index (χ1v) is 10.6. The van der Waals surface area contributed by atoms with Crippen LogP contribution >= 0.6 is 0 Å². The molecule has 2 fully saturated rings. The van der Waals surface area contributed by atoms with Gasteiger partial charge in [0.1, 0.15) is 0 Å². The van der Waals surface area contributed by atoms with Crippen LogP contribution in [-0.2, 0) is 16.1 Å². The van der Waals surface area contributed by atoms with Crippen LogP contribution in [0.15, 0.2) is 4.52 Å². The molecule has 8 nitrogen and oxygen atoms in total. The van der Waals surface area contributed by atoms with Crippen LogP contribution in [0.2, 0.25) is 0 Å². The molecule has 0 saturated carbocycles. The topological polar surface area (TPSA) is 83.7 Å². The summed E-state index contributed by atoms with van der Waals surface area (Å²) in [6, 6.07) is 0.572. The van der Waals surface area contributed by atoms with Gasteiger partial charge in [-0.3, -0.25) is 14.6 Å². The van der Waals surface area contributed by atoms with Gasteiger partial charge in [-0.05, 0) is 32.2 Å². The first-order valence-electron chi connectivity index (χ1n) is 10.6. The average molecular weight is 394 g/mol. The minimum atomic E-state index is 0.109. The fraction of sp³-hybridized carbons (Fsp3) is 0.850. The fourth-order valence-corrected chi connectivity index (χ4v) is 4.18. The number of likely N-dealkylation sites (tertiary alicyclic amines) is 2. The molecule has 8 heteroatoms. The van der Waals surface area contributed by atoms with Crippen molar-refractivity contribution >= 4 is 5.91 Å². The summed E-state index contributed by atoms with van der Waals surface area (Å²) in [4.78, 5) is 21.8. The smallest absolute Gasteiger partial charge is 0.229 e. The number of carbonyl (C=O) groups excluding carboxylic acids is 1. The highest BCUT2D eigenvalue weighted by molar-refractivity contribution is 5.78. The van der Waals surface area contributed by atoms with Crippen molar-refractivity contribution < 1.29 is 14.1 Å². The van der Waals surface area contributed by atoms with E-state index in [1.807, 2.05) is 0 Å². The van der Waals surface area contributed by atoms with Crippen molar-refractivity contribution in [3.05, 3.63) is 11.7 Å². The standard InChI is InChI=1S/C20H35N5O3/c1-15(2)20-22-18(23-28-20)14-24-10-6-17(7-11-24)25-9-4-5-16(13-25)19(26)21-8-12-27-3/h15-17H,4-14H2,1-3H3,(H,21,26)/t16-/m1/s1. The van der Waals surface area contributed by atoms with E-state index in [4.69, 9.17) is 9.26 Å². The molecule has 1 amide bonds. The third kappa shape index (κ3) is 5.75. The molecule has 1 aromatic rings. The number of ether oxygens (including phenoxy) is 1. The largest absolute Gasteiger partial charge is 0.383 e. The van der Waals surface area contributed by atoms with Crippen LogP contribution < -0.4 is 5.32 Å². The zero-order chi connectivity index (χ0) is 19.9. The molecule has 0 unspecified atom stereocenters. The number of methoxy groups -OCH3 is 1. The lowest BCUT2D eigenvalue weighted by Crippen LogP contribution is -2.50. The van der Waals surface area contributed by atoms with Gasteiger partial charge in [-0.25, -0.2) is 0 Å². The molecule has 2 aliphatic rings. The van der Waals surface area contributed by atoms with Gasteiger partial charge in [0.05, 0.1) is 19.1 Å². The third-order valence-electron chi connectivity index (χ3n) is 5.85. The van der Waals surface area contributed by atoms with Crippen molar-refractivity contribution in [3.63, 3.8) is 0 Å². The molecule has 2 aliphatic heterocycles. The number of nitrogens with zero attached hydrogens (tertiary/aromatic N) is 4. The molecule has 0 aliphatic carbocycles. The normalized spacial score (nSPS) is 22.6. The van der Waals surface area contributed by atoms with Crippen molar-refractivity contribution in [2.75, 3.05) is 46.4 Å². The van der Waals surface area contributed by atoms with Crippen molar-refractivity contribution in [2.45, 2.75) is 58.0 Å². The van der Waals surface area contributed by atoms with E-state index in [0.717, 1.165) is 64.2 Å². The molecular weight excluding hydrogens is 358 g/mol. The molecule has 2 saturated heterocycles. The van der Waals surface area contributed by atoms with Gasteiger partial charge in [0.25, 0.3) is 0 Å². The molecule has 1 atom stereocenters. The molecule has 3 rings (SSSR count). The van der Waals surface area contributed by atoms with Crippen molar-refractivity contribution in [1.29, 1.82) is 0 Å². The maximum Gasteiger partial charge on any atom is 0.229 e. The minimum Gasteiger partial charge on any atom is -0.383 e. The third-order valence-corrected chi connectivity index (χ3v) is 5.85. The molecule has 0 bridgehead atoms. The van der Waals surface area contributed by atoms with Crippen LogP contribution in [0.4, 0.5) is 0 Å². The van der Waals surface area contributed by atoms with E-state index >= 15 is 0 Å². The van der Waals surface area contributed by atoms with Crippen molar-refractivity contribution in [1.82, 2.24) is 25.3 Å². The predicted octanol–water partition coefficient (Wildman–Crippen LogP) is 1.63. The van der Waals surface area contributed by atoms with Gasteiger partial charge in [0, 0.05) is 45.2 Å². The number of hydrogen-bond acceptors (Lipinski definition) is 7. The highest BCUT2D eigenvalue weighted by Gasteiger charge is 2.31. The van der Waals surface area contributed by atoms with E-state index in [1.54, 1.807) is 7.11 Å². The maximum absolute atomic E-state index is 12.4. The first-order chi connectivity index (χ1) is 13.6. The lowest BCUT2D eigenvalue weighted by molar-refractivity contribution is -0.127. The van der Waals surface area contributed by atoms with Crippen LogP contribution in [0.25, 0.3) is 0 Å². The van der Waals surface area contributed by atoms with E-state index in [0.29, 0.717) is 25.1 Å². The van der Waals surface area contributed by atoms with E-state index in [-0.39, 0.29) is 17.7 Å². The summed E-state index contributed by atoms with van der Waals surface area (Å²) in [6.07, 6.45) is 4.35. The van der Waals surface area contributed by atoms with Gasteiger partial charge in [0.15, 0.2) is 5.82 Å². The van der Waals surface area contributed by atoms with Gasteiger partial charge in [-0.15, -0.1) is 0 Å². The Hall–Kier alpha value is -1.51. The van der Waals surface area contributed by atoms with Crippen LogP contribution in [0.1, 0.15) is 57.2 Å². The average Bonchev–Trinajstić information content (AvgIpc) is 3.18. The van der Waals surface area contributed by atoms with Gasteiger partial charge in [-0.1, -0.05) is 19.0 Å². The van der Waals surface area contributed by atoms with E-state index in [2.05, 4.69) is 39.1 Å². The molecule has 3 heterocycles. The second kappa shape index (κ2) is 10.3.